The summed E-state index contributed by atoms with van der Waals surface area (Å²) in [5, 5.41) is 4.09. The van der Waals surface area contributed by atoms with Gasteiger partial charge in [0, 0.05) is 11.1 Å². The molecule has 112 valence electrons. The molecule has 3 rings (SSSR count). The Balaban J connectivity index is 1.94. The van der Waals surface area contributed by atoms with E-state index < -0.39 is 11.1 Å². The van der Waals surface area contributed by atoms with Gasteiger partial charge in [0.2, 0.25) is 0 Å². The van der Waals surface area contributed by atoms with Crippen LogP contribution in [-0.4, -0.2) is 8.76 Å². The smallest absolute Gasteiger partial charge is 0.157 e. The van der Waals surface area contributed by atoms with Gasteiger partial charge < -0.3 is 4.55 Å². The van der Waals surface area contributed by atoms with Crippen LogP contribution in [0.4, 0.5) is 4.39 Å². The topological polar surface area (TPSA) is 37.3 Å². The minimum absolute atomic E-state index is 0.134. The zero-order valence-corrected chi connectivity index (χ0v) is 13.2. The summed E-state index contributed by atoms with van der Waals surface area (Å²) in [6.45, 7) is 0. The van der Waals surface area contributed by atoms with Gasteiger partial charge in [-0.25, -0.2) is 8.60 Å². The van der Waals surface area contributed by atoms with Crippen LogP contribution in [0.5, 0.6) is 0 Å². The highest BCUT2D eigenvalue weighted by molar-refractivity contribution is 7.78. The standard InChI is InChI=1S/C17H13FO2S2/c18-15-7-5-14(6-8-15)17-10-21-9-16(17)13-3-1-12(2-4-13)11-22(19)20/h1-10H,11H2,(H,19,20). The summed E-state index contributed by atoms with van der Waals surface area (Å²) in [5.41, 5.74) is 4.96. The van der Waals surface area contributed by atoms with Crippen molar-refractivity contribution in [3.05, 3.63) is 70.7 Å². The molecule has 0 saturated heterocycles. The molecule has 0 spiro atoms. The van der Waals surface area contributed by atoms with Gasteiger partial charge in [-0.3, -0.25) is 0 Å². The van der Waals surface area contributed by atoms with Gasteiger partial charge in [0.15, 0.2) is 11.1 Å². The normalized spacial score (nSPS) is 12.3. The van der Waals surface area contributed by atoms with Gasteiger partial charge in [-0.05, 0) is 39.6 Å². The lowest BCUT2D eigenvalue weighted by Gasteiger charge is -2.06. The van der Waals surface area contributed by atoms with E-state index in [2.05, 4.69) is 5.38 Å². The lowest BCUT2D eigenvalue weighted by Crippen LogP contribution is -1.92. The van der Waals surface area contributed by atoms with Crippen LogP contribution in [0.15, 0.2) is 59.3 Å². The van der Waals surface area contributed by atoms with Crippen molar-refractivity contribution in [2.24, 2.45) is 0 Å². The van der Waals surface area contributed by atoms with E-state index in [1.807, 2.05) is 29.6 Å². The van der Waals surface area contributed by atoms with Crippen LogP contribution in [0.25, 0.3) is 22.3 Å². The summed E-state index contributed by atoms with van der Waals surface area (Å²) in [4.78, 5) is 0. The fraction of sp³-hybridized carbons (Fsp3) is 0.0588. The Labute approximate surface area is 134 Å². The van der Waals surface area contributed by atoms with Gasteiger partial charge in [-0.1, -0.05) is 36.4 Å². The molecule has 0 radical (unpaired) electrons. The van der Waals surface area contributed by atoms with Crippen LogP contribution < -0.4 is 0 Å². The third-order valence-electron chi connectivity index (χ3n) is 3.37. The first-order chi connectivity index (χ1) is 10.6. The second-order valence-corrected chi connectivity index (χ2v) is 6.54. The van der Waals surface area contributed by atoms with Gasteiger partial charge in [-0.2, -0.15) is 11.3 Å². The molecule has 3 aromatic rings. The van der Waals surface area contributed by atoms with Crippen molar-refractivity contribution in [1.82, 2.24) is 0 Å². The van der Waals surface area contributed by atoms with Crippen molar-refractivity contribution in [3.63, 3.8) is 0 Å². The molecule has 2 nitrogen and oxygen atoms in total. The van der Waals surface area contributed by atoms with E-state index >= 15 is 0 Å². The SMILES string of the molecule is O=S(O)Cc1ccc(-c2cscc2-c2ccc(F)cc2)cc1. The number of thiophene rings is 1. The Morgan fingerprint density at radius 2 is 1.41 bits per heavy atom. The molecule has 1 heterocycles. The van der Waals surface area contributed by atoms with Crippen LogP contribution >= 0.6 is 11.3 Å². The van der Waals surface area contributed by atoms with Crippen molar-refractivity contribution in [3.8, 4) is 22.3 Å². The number of halogens is 1. The zero-order chi connectivity index (χ0) is 15.5. The van der Waals surface area contributed by atoms with Gasteiger partial charge >= 0.3 is 0 Å². The summed E-state index contributed by atoms with van der Waals surface area (Å²) in [6, 6.07) is 14.0. The van der Waals surface area contributed by atoms with Crippen LogP contribution in [-0.2, 0) is 16.8 Å². The fourth-order valence-electron chi connectivity index (χ4n) is 2.30. The van der Waals surface area contributed by atoms with Gasteiger partial charge in [0.05, 0.1) is 5.75 Å². The lowest BCUT2D eigenvalue weighted by atomic mass is 9.98. The molecule has 0 saturated carbocycles. The molecule has 1 unspecified atom stereocenters. The quantitative estimate of drug-likeness (QED) is 0.687. The highest BCUT2D eigenvalue weighted by Crippen LogP contribution is 2.35. The number of hydrogen-bond donors (Lipinski definition) is 1. The molecule has 1 atom stereocenters. The Morgan fingerprint density at radius 3 is 1.91 bits per heavy atom. The monoisotopic (exact) mass is 332 g/mol. The lowest BCUT2D eigenvalue weighted by molar-refractivity contribution is 0.563. The number of hydrogen-bond acceptors (Lipinski definition) is 2. The van der Waals surface area contributed by atoms with E-state index in [1.165, 1.54) is 12.1 Å². The van der Waals surface area contributed by atoms with E-state index in [4.69, 9.17) is 4.55 Å². The average molecular weight is 332 g/mol. The molecule has 0 aliphatic rings. The molecule has 0 aliphatic heterocycles. The number of benzene rings is 2. The maximum Gasteiger partial charge on any atom is 0.157 e. The first-order valence-electron chi connectivity index (χ1n) is 6.62. The molecule has 1 N–H and O–H groups in total. The minimum atomic E-state index is -1.83. The van der Waals surface area contributed by atoms with E-state index in [0.717, 1.165) is 27.8 Å². The molecule has 5 heteroatoms. The third kappa shape index (κ3) is 3.32. The minimum Gasteiger partial charge on any atom is -0.306 e. The fourth-order valence-corrected chi connectivity index (χ4v) is 3.64. The maximum absolute atomic E-state index is 13.1. The largest absolute Gasteiger partial charge is 0.306 e. The second kappa shape index (κ2) is 6.52. The molecule has 22 heavy (non-hydrogen) atoms. The molecule has 1 aromatic heterocycles. The van der Waals surface area contributed by atoms with Crippen molar-refractivity contribution in [2.75, 3.05) is 0 Å². The van der Waals surface area contributed by atoms with Crippen LogP contribution in [0.3, 0.4) is 0 Å². The zero-order valence-electron chi connectivity index (χ0n) is 11.5. The summed E-state index contributed by atoms with van der Waals surface area (Å²) >= 11 is -0.237. The Kier molecular flexibility index (Phi) is 4.47. The second-order valence-electron chi connectivity index (χ2n) is 4.87. The van der Waals surface area contributed by atoms with Crippen molar-refractivity contribution >= 4 is 22.4 Å². The molecule has 0 fully saturated rings. The Hall–Kier alpha value is -1.82. The van der Waals surface area contributed by atoms with E-state index in [9.17, 15) is 8.60 Å². The van der Waals surface area contributed by atoms with Gasteiger partial charge in [-0.15, -0.1) is 0 Å². The molecule has 0 bridgehead atoms. The highest BCUT2D eigenvalue weighted by Gasteiger charge is 2.09. The molecular formula is C17H13FO2S2. The highest BCUT2D eigenvalue weighted by atomic mass is 32.2. The third-order valence-corrected chi connectivity index (χ3v) is 4.70. The van der Waals surface area contributed by atoms with E-state index in [0.29, 0.717) is 0 Å². The van der Waals surface area contributed by atoms with E-state index in [-0.39, 0.29) is 11.6 Å². The maximum atomic E-state index is 13.1. The van der Waals surface area contributed by atoms with Crippen molar-refractivity contribution in [2.45, 2.75) is 5.75 Å². The van der Waals surface area contributed by atoms with Crippen LogP contribution in [0, 0.1) is 5.82 Å². The summed E-state index contributed by atoms with van der Waals surface area (Å²) in [7, 11) is 0. The summed E-state index contributed by atoms with van der Waals surface area (Å²) in [6.07, 6.45) is 0. The first kappa shape index (κ1) is 15.1. The van der Waals surface area contributed by atoms with Crippen LogP contribution in [0.1, 0.15) is 5.56 Å². The Morgan fingerprint density at radius 1 is 0.909 bits per heavy atom. The predicted molar refractivity (Wildman–Crippen MR) is 89.6 cm³/mol. The Bertz CT molecular complexity index is 792. The molecular weight excluding hydrogens is 319 g/mol. The summed E-state index contributed by atoms with van der Waals surface area (Å²) in [5.74, 6) is -0.115. The van der Waals surface area contributed by atoms with Crippen molar-refractivity contribution in [1.29, 1.82) is 0 Å². The molecule has 2 aromatic carbocycles. The summed E-state index contributed by atoms with van der Waals surface area (Å²) < 4.78 is 32.8. The van der Waals surface area contributed by atoms with Gasteiger partial charge in [0.25, 0.3) is 0 Å². The average Bonchev–Trinajstić information content (AvgIpc) is 2.97. The van der Waals surface area contributed by atoms with Gasteiger partial charge in [0.1, 0.15) is 5.82 Å². The molecule has 0 amide bonds. The van der Waals surface area contributed by atoms with Crippen molar-refractivity contribution < 1.29 is 13.2 Å². The van der Waals surface area contributed by atoms with Crippen LogP contribution in [0.2, 0.25) is 0 Å². The first-order valence-corrected chi connectivity index (χ1v) is 8.84. The number of rotatable bonds is 4. The predicted octanol–water partition coefficient (Wildman–Crippen LogP) is 4.94. The van der Waals surface area contributed by atoms with E-state index in [1.54, 1.807) is 23.5 Å². The molecule has 0 aliphatic carbocycles.